The zero-order chi connectivity index (χ0) is 26.8. The van der Waals surface area contributed by atoms with Crippen molar-refractivity contribution in [3.8, 4) is 0 Å². The largest absolute Gasteiger partial charge is 0.446 e. The van der Waals surface area contributed by atoms with E-state index in [1.807, 2.05) is 30.3 Å². The van der Waals surface area contributed by atoms with Crippen LogP contribution in [0.3, 0.4) is 0 Å². The van der Waals surface area contributed by atoms with Crippen LogP contribution in [0.15, 0.2) is 77.8 Å². The number of nitrogens with zero attached hydrogens (tertiary/aromatic N) is 3. The Labute approximate surface area is 215 Å². The van der Waals surface area contributed by atoms with E-state index in [-0.39, 0.29) is 40.5 Å². The number of benzene rings is 2. The molecule has 11 heteroatoms. The third-order valence-corrected chi connectivity index (χ3v) is 6.58. The van der Waals surface area contributed by atoms with Gasteiger partial charge in [0.05, 0.1) is 5.69 Å². The van der Waals surface area contributed by atoms with Crippen LogP contribution in [0.4, 0.5) is 23.7 Å². The highest BCUT2D eigenvalue weighted by Gasteiger charge is 2.51. The molecule has 2 aromatic carbocycles. The summed E-state index contributed by atoms with van der Waals surface area (Å²) in [6.45, 7) is 3.54. The van der Waals surface area contributed by atoms with Gasteiger partial charge in [-0.25, -0.2) is 9.69 Å². The van der Waals surface area contributed by atoms with E-state index < -0.39 is 23.0 Å². The summed E-state index contributed by atoms with van der Waals surface area (Å²) in [7, 11) is 0. The molecule has 37 heavy (non-hydrogen) atoms. The monoisotopic (exact) mass is 528 g/mol. The second-order valence-corrected chi connectivity index (χ2v) is 9.97. The first kappa shape index (κ1) is 26.2. The highest BCUT2D eigenvalue weighted by molar-refractivity contribution is 8.00. The third-order valence-electron chi connectivity index (χ3n) is 5.85. The predicted octanol–water partition coefficient (Wildman–Crippen LogP) is 5.37. The van der Waals surface area contributed by atoms with Crippen LogP contribution in [0.5, 0.6) is 0 Å². The molecule has 0 aliphatic carbocycles. The quantitative estimate of drug-likeness (QED) is 0.329. The van der Waals surface area contributed by atoms with Gasteiger partial charge in [-0.1, -0.05) is 30.3 Å². The van der Waals surface area contributed by atoms with E-state index in [0.29, 0.717) is 12.1 Å². The number of anilines is 1. The maximum Gasteiger partial charge on any atom is 0.446 e. The van der Waals surface area contributed by atoms with E-state index in [2.05, 4.69) is 10.3 Å². The molecule has 1 aliphatic heterocycles. The van der Waals surface area contributed by atoms with Crippen molar-refractivity contribution in [1.82, 2.24) is 15.2 Å². The molecule has 0 spiro atoms. The fraction of sp³-hybridized carbons (Fsp3) is 0.231. The Morgan fingerprint density at radius 1 is 1.00 bits per heavy atom. The molecule has 4 rings (SSSR count). The normalized spacial score (nSPS) is 15.3. The number of thioether (sulfide) groups is 1. The second kappa shape index (κ2) is 10.3. The molecular weight excluding hydrogens is 505 g/mol. The first-order chi connectivity index (χ1) is 17.5. The summed E-state index contributed by atoms with van der Waals surface area (Å²) in [6.07, 6.45) is 1.46. The molecule has 0 unspecified atom stereocenters. The topological polar surface area (TPSA) is 82.6 Å². The van der Waals surface area contributed by atoms with Gasteiger partial charge in [-0.2, -0.15) is 13.2 Å². The number of imide groups is 1. The van der Waals surface area contributed by atoms with Crippen LogP contribution in [-0.4, -0.2) is 38.8 Å². The minimum atomic E-state index is -4.44. The fourth-order valence-electron chi connectivity index (χ4n) is 3.87. The Morgan fingerprint density at radius 3 is 2.32 bits per heavy atom. The van der Waals surface area contributed by atoms with Crippen molar-refractivity contribution in [3.05, 3.63) is 89.7 Å². The zero-order valence-electron chi connectivity index (χ0n) is 20.0. The van der Waals surface area contributed by atoms with Crippen LogP contribution in [0, 0.1) is 0 Å². The third kappa shape index (κ3) is 5.93. The number of hydrogen-bond donors (Lipinski definition) is 1. The fourth-order valence-corrected chi connectivity index (χ4v) is 4.41. The average Bonchev–Trinajstić information content (AvgIpc) is 3.02. The van der Waals surface area contributed by atoms with Crippen LogP contribution in [0.25, 0.3) is 0 Å². The smallest absolute Gasteiger partial charge is 0.347 e. The molecule has 0 atom stereocenters. The highest BCUT2D eigenvalue weighted by atomic mass is 32.2. The van der Waals surface area contributed by atoms with Gasteiger partial charge in [0.1, 0.15) is 11.2 Å². The van der Waals surface area contributed by atoms with Gasteiger partial charge in [-0.15, -0.1) is 0 Å². The van der Waals surface area contributed by atoms with Crippen molar-refractivity contribution >= 4 is 35.3 Å². The number of hydrogen-bond acceptors (Lipinski definition) is 5. The van der Waals surface area contributed by atoms with Crippen molar-refractivity contribution in [2.75, 3.05) is 4.90 Å². The number of pyridine rings is 1. The van der Waals surface area contributed by atoms with Gasteiger partial charge in [-0.05, 0) is 73.1 Å². The summed E-state index contributed by atoms with van der Waals surface area (Å²) >= 11 is -0.276. The van der Waals surface area contributed by atoms with Gasteiger partial charge in [0.2, 0.25) is 0 Å². The lowest BCUT2D eigenvalue weighted by atomic mass is 10.0. The van der Waals surface area contributed by atoms with Crippen LogP contribution in [-0.2, 0) is 17.9 Å². The van der Waals surface area contributed by atoms with Crippen molar-refractivity contribution in [1.29, 1.82) is 0 Å². The lowest BCUT2D eigenvalue weighted by molar-refractivity contribution is -0.123. The number of rotatable bonds is 7. The molecule has 0 bridgehead atoms. The van der Waals surface area contributed by atoms with E-state index in [0.717, 1.165) is 10.5 Å². The first-order valence-electron chi connectivity index (χ1n) is 11.2. The number of alkyl halides is 3. The average molecular weight is 529 g/mol. The highest BCUT2D eigenvalue weighted by Crippen LogP contribution is 2.38. The maximum atomic E-state index is 13.3. The van der Waals surface area contributed by atoms with Crippen molar-refractivity contribution in [3.63, 3.8) is 0 Å². The lowest BCUT2D eigenvalue weighted by Crippen LogP contribution is -2.43. The standard InChI is InChI=1S/C26H23F3N4O3S/c1-25(2)23(35)33(19-8-10-20(11-9-19)37-26(27,28)29)24(36)32(25)16-18-12-13-30-21(14-18)22(34)31-15-17-6-4-3-5-7-17/h3-14H,15-16H2,1-2H3,(H,31,34). The van der Waals surface area contributed by atoms with Crippen molar-refractivity contribution in [2.24, 2.45) is 0 Å². The van der Waals surface area contributed by atoms with E-state index >= 15 is 0 Å². The zero-order valence-corrected chi connectivity index (χ0v) is 20.8. The summed E-state index contributed by atoms with van der Waals surface area (Å²) in [5, 5.41) is 2.80. The van der Waals surface area contributed by atoms with E-state index in [1.54, 1.807) is 26.0 Å². The number of nitrogens with one attached hydrogen (secondary N) is 1. The molecule has 1 aromatic heterocycles. The molecule has 3 aromatic rings. The van der Waals surface area contributed by atoms with Crippen molar-refractivity contribution < 1.29 is 27.6 Å². The molecule has 1 saturated heterocycles. The van der Waals surface area contributed by atoms with E-state index in [1.165, 1.54) is 35.4 Å². The number of carbonyl (C=O) groups is 3. The Kier molecular flexibility index (Phi) is 7.26. The number of halogens is 3. The minimum Gasteiger partial charge on any atom is -0.347 e. The number of amides is 4. The second-order valence-electron chi connectivity index (χ2n) is 8.83. The molecule has 2 heterocycles. The first-order valence-corrected chi connectivity index (χ1v) is 12.1. The summed E-state index contributed by atoms with van der Waals surface area (Å²) in [5.41, 5.74) is -3.81. The SMILES string of the molecule is CC1(C)C(=O)N(c2ccc(SC(F)(F)F)cc2)C(=O)N1Cc1ccnc(C(=O)NCc2ccccc2)c1. The van der Waals surface area contributed by atoms with Gasteiger partial charge in [0, 0.05) is 24.2 Å². The summed E-state index contributed by atoms with van der Waals surface area (Å²) in [4.78, 5) is 45.4. The number of carbonyl (C=O) groups excluding carboxylic acids is 3. The summed E-state index contributed by atoms with van der Waals surface area (Å²) in [6, 6.07) is 17.0. The van der Waals surface area contributed by atoms with Crippen LogP contribution in [0.2, 0.25) is 0 Å². The molecule has 0 saturated carbocycles. The van der Waals surface area contributed by atoms with Gasteiger partial charge < -0.3 is 10.2 Å². The van der Waals surface area contributed by atoms with E-state index in [4.69, 9.17) is 0 Å². The van der Waals surface area contributed by atoms with Crippen LogP contribution in [0.1, 0.15) is 35.5 Å². The molecule has 192 valence electrons. The molecule has 7 nitrogen and oxygen atoms in total. The minimum absolute atomic E-state index is 0.0254. The summed E-state index contributed by atoms with van der Waals surface area (Å²) < 4.78 is 37.9. The Balaban J connectivity index is 1.49. The Morgan fingerprint density at radius 2 is 1.68 bits per heavy atom. The lowest BCUT2D eigenvalue weighted by Gasteiger charge is -2.27. The number of aromatic nitrogens is 1. The molecule has 0 radical (unpaired) electrons. The molecule has 4 amide bonds. The maximum absolute atomic E-state index is 13.3. The van der Waals surface area contributed by atoms with Gasteiger partial charge >= 0.3 is 11.5 Å². The van der Waals surface area contributed by atoms with E-state index in [9.17, 15) is 27.6 Å². The predicted molar refractivity (Wildman–Crippen MR) is 133 cm³/mol. The molecule has 1 aliphatic rings. The van der Waals surface area contributed by atoms with Crippen molar-refractivity contribution in [2.45, 2.75) is 42.9 Å². The molecule has 1 N–H and O–H groups in total. The van der Waals surface area contributed by atoms with Crippen LogP contribution < -0.4 is 10.2 Å². The van der Waals surface area contributed by atoms with Gasteiger partial charge in [0.25, 0.3) is 11.8 Å². The van der Waals surface area contributed by atoms with Gasteiger partial charge in [-0.3, -0.25) is 14.6 Å². The molecule has 1 fully saturated rings. The Bertz CT molecular complexity index is 1310. The van der Waals surface area contributed by atoms with Gasteiger partial charge in [0.15, 0.2) is 0 Å². The summed E-state index contributed by atoms with van der Waals surface area (Å²) in [5.74, 6) is -0.893. The number of urea groups is 1. The van der Waals surface area contributed by atoms with Crippen LogP contribution >= 0.6 is 11.8 Å². The Hall–Kier alpha value is -3.86. The molecular formula is C26H23F3N4O3S.